The number of hydrogen-bond donors (Lipinski definition) is 1. The Morgan fingerprint density at radius 3 is 1.18 bits per heavy atom. The first-order valence-electron chi connectivity index (χ1n) is 15.4. The van der Waals surface area contributed by atoms with Crippen LogP contribution in [0.25, 0.3) is 0 Å². The fraction of sp³-hybridized carbons (Fsp3) is 0.968. The van der Waals surface area contributed by atoms with Crippen LogP contribution in [0.5, 0.6) is 0 Å². The largest absolute Gasteiger partial charge is 0.465 e. The van der Waals surface area contributed by atoms with Crippen molar-refractivity contribution in [1.29, 1.82) is 0 Å². The van der Waals surface area contributed by atoms with Gasteiger partial charge in [-0.2, -0.15) is 0 Å². The lowest BCUT2D eigenvalue weighted by Gasteiger charge is -2.28. The molecule has 34 heavy (non-hydrogen) atoms. The van der Waals surface area contributed by atoms with Crippen molar-refractivity contribution < 1.29 is 14.6 Å². The topological polar surface area (TPSA) is 46.5 Å². The second kappa shape index (κ2) is 25.5. The summed E-state index contributed by atoms with van der Waals surface area (Å²) in [5.41, 5.74) is -0.247. The van der Waals surface area contributed by atoms with Crippen molar-refractivity contribution in [1.82, 2.24) is 0 Å². The minimum Gasteiger partial charge on any atom is -0.465 e. The number of aliphatic hydroxyl groups excluding tert-OH is 1. The molecule has 0 bridgehead atoms. The van der Waals surface area contributed by atoms with E-state index in [4.69, 9.17) is 4.74 Å². The highest BCUT2D eigenvalue weighted by molar-refractivity contribution is 5.69. The van der Waals surface area contributed by atoms with Crippen LogP contribution in [-0.2, 0) is 9.53 Å². The smallest absolute Gasteiger partial charge is 0.305 e. The molecular formula is C31H62O3. The van der Waals surface area contributed by atoms with Crippen LogP contribution in [0, 0.1) is 5.41 Å². The average Bonchev–Trinajstić information content (AvgIpc) is 2.86. The summed E-state index contributed by atoms with van der Waals surface area (Å²) in [6.45, 7) is 6.83. The third-order valence-electron chi connectivity index (χ3n) is 7.86. The lowest BCUT2D eigenvalue weighted by atomic mass is 9.84. The molecule has 0 radical (unpaired) electrons. The van der Waals surface area contributed by atoms with E-state index in [1.807, 2.05) is 13.8 Å². The number of rotatable bonds is 27. The van der Waals surface area contributed by atoms with Crippen molar-refractivity contribution in [3.05, 3.63) is 0 Å². The number of esters is 1. The van der Waals surface area contributed by atoms with E-state index in [9.17, 15) is 9.90 Å². The first-order chi connectivity index (χ1) is 16.6. The molecule has 3 heteroatoms. The van der Waals surface area contributed by atoms with Gasteiger partial charge >= 0.3 is 5.97 Å². The standard InChI is InChI=1S/C31H62O3/c1-4-7-8-9-10-11-12-13-14-15-16-17-18-19-20-21-22-23-24-25-26-27-30(33)34-29-31(5-2,6-3)28-32/h32H,4-29H2,1-3H3. The SMILES string of the molecule is CCCCCCCCCCCCCCCCCCCCCCCC(=O)OCC(CC)(CC)CO. The van der Waals surface area contributed by atoms with Crippen molar-refractivity contribution in [2.45, 2.75) is 175 Å². The number of carbonyl (C=O) groups is 1. The molecule has 0 spiro atoms. The van der Waals surface area contributed by atoms with Gasteiger partial charge in [-0.25, -0.2) is 0 Å². The molecule has 3 nitrogen and oxygen atoms in total. The van der Waals surface area contributed by atoms with E-state index in [2.05, 4.69) is 6.92 Å². The summed E-state index contributed by atoms with van der Waals surface area (Å²) in [6, 6.07) is 0. The van der Waals surface area contributed by atoms with Crippen molar-refractivity contribution in [2.75, 3.05) is 13.2 Å². The van der Waals surface area contributed by atoms with Gasteiger partial charge in [0.1, 0.15) is 0 Å². The molecule has 0 aliphatic carbocycles. The molecule has 0 heterocycles. The fourth-order valence-corrected chi connectivity index (χ4v) is 4.73. The number of unbranched alkanes of at least 4 members (excludes halogenated alkanes) is 20. The molecule has 0 saturated heterocycles. The number of aliphatic hydroxyl groups is 1. The molecule has 0 aliphatic heterocycles. The third kappa shape index (κ3) is 20.8. The van der Waals surface area contributed by atoms with E-state index in [0.717, 1.165) is 25.7 Å². The predicted molar refractivity (Wildman–Crippen MR) is 148 cm³/mol. The van der Waals surface area contributed by atoms with Gasteiger partial charge in [-0.05, 0) is 19.3 Å². The predicted octanol–water partition coefficient (Wildman–Crippen LogP) is 9.93. The average molecular weight is 483 g/mol. The highest BCUT2D eigenvalue weighted by Gasteiger charge is 2.27. The normalized spacial score (nSPS) is 11.8. The molecule has 0 rings (SSSR count). The Kier molecular flexibility index (Phi) is 25.1. The van der Waals surface area contributed by atoms with Crippen LogP contribution in [0.3, 0.4) is 0 Å². The molecule has 0 fully saturated rings. The number of hydrogen-bond acceptors (Lipinski definition) is 3. The van der Waals surface area contributed by atoms with Crippen LogP contribution in [-0.4, -0.2) is 24.3 Å². The minimum absolute atomic E-state index is 0.0899. The van der Waals surface area contributed by atoms with Gasteiger partial charge in [0.05, 0.1) is 13.2 Å². The zero-order valence-corrected chi connectivity index (χ0v) is 23.6. The van der Waals surface area contributed by atoms with Crippen LogP contribution >= 0.6 is 0 Å². The lowest BCUT2D eigenvalue weighted by molar-refractivity contribution is -0.148. The molecule has 0 unspecified atom stereocenters. The molecule has 0 aliphatic rings. The Morgan fingerprint density at radius 1 is 0.559 bits per heavy atom. The maximum atomic E-state index is 11.9. The Bertz CT molecular complexity index is 409. The maximum absolute atomic E-state index is 11.9. The second-order valence-electron chi connectivity index (χ2n) is 10.8. The van der Waals surface area contributed by atoms with Gasteiger partial charge in [0.2, 0.25) is 0 Å². The van der Waals surface area contributed by atoms with E-state index in [0.29, 0.717) is 13.0 Å². The van der Waals surface area contributed by atoms with Gasteiger partial charge in [0.25, 0.3) is 0 Å². The molecule has 0 aromatic carbocycles. The number of carbonyl (C=O) groups excluding carboxylic acids is 1. The van der Waals surface area contributed by atoms with Crippen LogP contribution in [0.15, 0.2) is 0 Å². The Morgan fingerprint density at radius 2 is 0.882 bits per heavy atom. The summed E-state index contributed by atoms with van der Waals surface area (Å²) in [7, 11) is 0. The van der Waals surface area contributed by atoms with Crippen molar-refractivity contribution >= 4 is 5.97 Å². The Balaban J connectivity index is 3.26. The molecular weight excluding hydrogens is 420 g/mol. The summed E-state index contributed by atoms with van der Waals surface area (Å²) in [5, 5.41) is 9.55. The zero-order valence-electron chi connectivity index (χ0n) is 23.6. The lowest BCUT2D eigenvalue weighted by Crippen LogP contribution is -2.31. The fourth-order valence-electron chi connectivity index (χ4n) is 4.73. The van der Waals surface area contributed by atoms with Crippen LogP contribution in [0.1, 0.15) is 175 Å². The molecule has 0 atom stereocenters. The first-order valence-corrected chi connectivity index (χ1v) is 15.4. The first kappa shape index (κ1) is 33.4. The highest BCUT2D eigenvalue weighted by Crippen LogP contribution is 2.26. The van der Waals surface area contributed by atoms with Crippen molar-refractivity contribution in [3.8, 4) is 0 Å². The highest BCUT2D eigenvalue weighted by atomic mass is 16.5. The minimum atomic E-state index is -0.247. The Labute approximate surface area is 214 Å². The summed E-state index contributed by atoms with van der Waals surface area (Å²) < 4.78 is 5.43. The molecule has 204 valence electrons. The quantitative estimate of drug-likeness (QED) is 0.0935. The van der Waals surface area contributed by atoms with E-state index in [-0.39, 0.29) is 18.0 Å². The van der Waals surface area contributed by atoms with E-state index in [1.54, 1.807) is 0 Å². The van der Waals surface area contributed by atoms with Gasteiger partial charge in [-0.15, -0.1) is 0 Å². The van der Waals surface area contributed by atoms with Crippen LogP contribution < -0.4 is 0 Å². The molecule has 1 N–H and O–H groups in total. The molecule has 0 amide bonds. The van der Waals surface area contributed by atoms with Crippen LogP contribution in [0.2, 0.25) is 0 Å². The van der Waals surface area contributed by atoms with Crippen molar-refractivity contribution in [2.24, 2.45) is 5.41 Å². The van der Waals surface area contributed by atoms with Crippen LogP contribution in [0.4, 0.5) is 0 Å². The van der Waals surface area contributed by atoms with Gasteiger partial charge in [0.15, 0.2) is 0 Å². The molecule has 0 aromatic rings. The molecule has 0 saturated carbocycles. The van der Waals surface area contributed by atoms with Gasteiger partial charge < -0.3 is 9.84 Å². The zero-order chi connectivity index (χ0) is 25.2. The summed E-state index contributed by atoms with van der Waals surface area (Å²) in [5.74, 6) is -0.0995. The van der Waals surface area contributed by atoms with E-state index < -0.39 is 0 Å². The monoisotopic (exact) mass is 482 g/mol. The van der Waals surface area contributed by atoms with Gasteiger partial charge in [0, 0.05) is 11.8 Å². The summed E-state index contributed by atoms with van der Waals surface area (Å²) in [4.78, 5) is 11.9. The third-order valence-corrected chi connectivity index (χ3v) is 7.86. The Hall–Kier alpha value is -0.570. The van der Waals surface area contributed by atoms with E-state index in [1.165, 1.54) is 122 Å². The van der Waals surface area contributed by atoms with Gasteiger partial charge in [-0.1, -0.05) is 149 Å². The molecule has 0 aromatic heterocycles. The summed E-state index contributed by atoms with van der Waals surface area (Å²) in [6.07, 6.45) is 31.0. The van der Waals surface area contributed by atoms with Crippen molar-refractivity contribution in [3.63, 3.8) is 0 Å². The second-order valence-corrected chi connectivity index (χ2v) is 10.8. The summed E-state index contributed by atoms with van der Waals surface area (Å²) >= 11 is 0. The maximum Gasteiger partial charge on any atom is 0.305 e. The number of ether oxygens (including phenoxy) is 1. The van der Waals surface area contributed by atoms with E-state index >= 15 is 0 Å². The van der Waals surface area contributed by atoms with Gasteiger partial charge in [-0.3, -0.25) is 4.79 Å².